The molecule has 3 nitrogen and oxygen atoms in total. The van der Waals surface area contributed by atoms with E-state index in [0.29, 0.717) is 6.42 Å². The number of aryl methyl sites for hydroxylation is 1. The molecule has 0 unspecified atom stereocenters. The third-order valence-corrected chi connectivity index (χ3v) is 2.97. The van der Waals surface area contributed by atoms with Crippen LogP contribution in [0.25, 0.3) is 0 Å². The van der Waals surface area contributed by atoms with Gasteiger partial charge in [-0.2, -0.15) is 0 Å². The Hall–Kier alpha value is -2.16. The number of carbonyl (C=O) groups is 1. The Balaban J connectivity index is 2.06. The average Bonchev–Trinajstić information content (AvgIpc) is 2.41. The van der Waals surface area contributed by atoms with E-state index in [4.69, 9.17) is 0 Å². The van der Waals surface area contributed by atoms with E-state index in [2.05, 4.69) is 4.98 Å². The lowest BCUT2D eigenvalue weighted by Crippen LogP contribution is -2.12. The molecule has 0 amide bonds. The summed E-state index contributed by atoms with van der Waals surface area (Å²) in [5.41, 5.74) is 1.98. The normalized spacial score (nSPS) is 12.0. The summed E-state index contributed by atoms with van der Waals surface area (Å²) in [5.74, 6) is -1.25. The van der Waals surface area contributed by atoms with Crippen LogP contribution in [0.5, 0.6) is 0 Å². The van der Waals surface area contributed by atoms with Crippen molar-refractivity contribution in [3.05, 3.63) is 66.0 Å². The van der Waals surface area contributed by atoms with Crippen LogP contribution in [0.4, 0.5) is 0 Å². The molecule has 2 rings (SSSR count). The van der Waals surface area contributed by atoms with Gasteiger partial charge in [0.15, 0.2) is 0 Å². The maximum absolute atomic E-state index is 11.3. The first kappa shape index (κ1) is 12.3. The molecular weight excluding hydrogens is 226 g/mol. The number of hydrogen-bond acceptors (Lipinski definition) is 2. The number of nitrogens with zero attached hydrogens (tertiary/aromatic N) is 1. The number of carboxylic acid groups (broad SMARTS) is 1. The molecule has 1 heterocycles. The van der Waals surface area contributed by atoms with Crippen LogP contribution in [0.3, 0.4) is 0 Å². The molecule has 0 aliphatic carbocycles. The number of benzene rings is 1. The summed E-state index contributed by atoms with van der Waals surface area (Å²) >= 11 is 0. The van der Waals surface area contributed by atoms with Gasteiger partial charge in [0.05, 0.1) is 5.92 Å². The minimum absolute atomic E-state index is 0.465. The van der Waals surface area contributed by atoms with Gasteiger partial charge in [-0.15, -0.1) is 0 Å². The van der Waals surface area contributed by atoms with E-state index < -0.39 is 11.9 Å². The molecule has 0 spiro atoms. The maximum atomic E-state index is 11.3. The highest BCUT2D eigenvalue weighted by Crippen LogP contribution is 2.21. The summed E-state index contributed by atoms with van der Waals surface area (Å²) in [4.78, 5) is 15.2. The molecule has 2 aromatic rings. The van der Waals surface area contributed by atoms with Crippen LogP contribution >= 0.6 is 0 Å². The van der Waals surface area contributed by atoms with Gasteiger partial charge in [0.25, 0.3) is 0 Å². The largest absolute Gasteiger partial charge is 0.481 e. The van der Waals surface area contributed by atoms with E-state index in [0.717, 1.165) is 17.5 Å². The predicted octanol–water partition coefficient (Wildman–Crippen LogP) is 2.88. The third-order valence-electron chi connectivity index (χ3n) is 2.97. The smallest absolute Gasteiger partial charge is 0.310 e. The summed E-state index contributed by atoms with van der Waals surface area (Å²) in [5, 5.41) is 9.28. The number of aromatic nitrogens is 1. The number of rotatable bonds is 5. The topological polar surface area (TPSA) is 50.2 Å². The van der Waals surface area contributed by atoms with E-state index in [9.17, 15) is 9.90 Å². The summed E-state index contributed by atoms with van der Waals surface area (Å²) in [6.45, 7) is 0. The number of carboxylic acids is 1. The molecule has 0 bridgehead atoms. The predicted molar refractivity (Wildman–Crippen MR) is 69.4 cm³/mol. The van der Waals surface area contributed by atoms with Gasteiger partial charge in [-0.1, -0.05) is 30.3 Å². The lowest BCUT2D eigenvalue weighted by molar-refractivity contribution is -0.138. The summed E-state index contributed by atoms with van der Waals surface area (Å²) in [7, 11) is 0. The van der Waals surface area contributed by atoms with E-state index >= 15 is 0 Å². The van der Waals surface area contributed by atoms with E-state index in [1.54, 1.807) is 24.5 Å². The Morgan fingerprint density at radius 2 is 1.78 bits per heavy atom. The van der Waals surface area contributed by atoms with Crippen molar-refractivity contribution in [1.29, 1.82) is 0 Å². The Kier molecular flexibility index (Phi) is 4.07. The Labute approximate surface area is 106 Å². The second-order valence-corrected chi connectivity index (χ2v) is 4.20. The van der Waals surface area contributed by atoms with Crippen molar-refractivity contribution in [3.8, 4) is 0 Å². The van der Waals surface area contributed by atoms with Gasteiger partial charge in [-0.05, 0) is 36.1 Å². The summed E-state index contributed by atoms with van der Waals surface area (Å²) in [6, 6.07) is 13.5. The van der Waals surface area contributed by atoms with Crippen LogP contribution in [-0.4, -0.2) is 16.1 Å². The Morgan fingerprint density at radius 1 is 1.11 bits per heavy atom. The highest BCUT2D eigenvalue weighted by molar-refractivity contribution is 5.75. The van der Waals surface area contributed by atoms with Gasteiger partial charge in [-0.3, -0.25) is 9.78 Å². The van der Waals surface area contributed by atoms with Gasteiger partial charge in [-0.25, -0.2) is 0 Å². The lowest BCUT2D eigenvalue weighted by atomic mass is 9.93. The first-order chi connectivity index (χ1) is 8.77. The zero-order valence-corrected chi connectivity index (χ0v) is 9.99. The fourth-order valence-corrected chi connectivity index (χ4v) is 1.98. The molecule has 0 saturated heterocycles. The van der Waals surface area contributed by atoms with Gasteiger partial charge in [0.2, 0.25) is 0 Å². The quantitative estimate of drug-likeness (QED) is 0.875. The molecule has 0 radical (unpaired) electrons. The van der Waals surface area contributed by atoms with Gasteiger partial charge in [0, 0.05) is 12.4 Å². The number of aliphatic carboxylic acids is 1. The fourth-order valence-electron chi connectivity index (χ4n) is 1.98. The van der Waals surface area contributed by atoms with Crippen LogP contribution in [0.15, 0.2) is 54.9 Å². The van der Waals surface area contributed by atoms with Crippen LogP contribution in [0.2, 0.25) is 0 Å². The molecule has 1 atom stereocenters. The molecule has 1 N–H and O–H groups in total. The minimum Gasteiger partial charge on any atom is -0.481 e. The van der Waals surface area contributed by atoms with E-state index in [1.165, 1.54) is 0 Å². The second-order valence-electron chi connectivity index (χ2n) is 4.20. The first-order valence-electron chi connectivity index (χ1n) is 5.94. The Morgan fingerprint density at radius 3 is 2.39 bits per heavy atom. The maximum Gasteiger partial charge on any atom is 0.310 e. The molecular formula is C15H15NO2. The summed E-state index contributed by atoms with van der Waals surface area (Å²) < 4.78 is 0. The van der Waals surface area contributed by atoms with E-state index in [1.807, 2.05) is 30.3 Å². The molecule has 0 aliphatic heterocycles. The van der Waals surface area contributed by atoms with Gasteiger partial charge < -0.3 is 5.11 Å². The molecule has 92 valence electrons. The molecule has 0 aliphatic rings. The van der Waals surface area contributed by atoms with Crippen LogP contribution in [0, 0.1) is 0 Å². The third kappa shape index (κ3) is 3.17. The summed E-state index contributed by atoms with van der Waals surface area (Å²) in [6.07, 6.45) is 4.63. The second kappa shape index (κ2) is 5.96. The van der Waals surface area contributed by atoms with Crippen molar-refractivity contribution in [2.75, 3.05) is 0 Å². The zero-order valence-electron chi connectivity index (χ0n) is 9.99. The molecule has 1 aromatic carbocycles. The average molecular weight is 241 g/mol. The first-order valence-corrected chi connectivity index (χ1v) is 5.94. The standard InChI is InChI=1S/C15H15NO2/c17-15(18)14(13-8-10-16-11-9-13)7-6-12-4-2-1-3-5-12/h1-5,8-11,14H,6-7H2,(H,17,18)/t14-/m0/s1. The number of hydrogen-bond donors (Lipinski definition) is 1. The monoisotopic (exact) mass is 241 g/mol. The van der Waals surface area contributed by atoms with Crippen molar-refractivity contribution < 1.29 is 9.90 Å². The highest BCUT2D eigenvalue weighted by Gasteiger charge is 2.19. The minimum atomic E-state index is -0.780. The zero-order chi connectivity index (χ0) is 12.8. The van der Waals surface area contributed by atoms with Crippen molar-refractivity contribution >= 4 is 5.97 Å². The van der Waals surface area contributed by atoms with Crippen LogP contribution < -0.4 is 0 Å². The van der Waals surface area contributed by atoms with Crippen molar-refractivity contribution in [2.45, 2.75) is 18.8 Å². The van der Waals surface area contributed by atoms with Gasteiger partial charge in [0.1, 0.15) is 0 Å². The fraction of sp³-hybridized carbons (Fsp3) is 0.200. The van der Waals surface area contributed by atoms with Crippen molar-refractivity contribution in [3.63, 3.8) is 0 Å². The highest BCUT2D eigenvalue weighted by atomic mass is 16.4. The van der Waals surface area contributed by atoms with Gasteiger partial charge >= 0.3 is 5.97 Å². The number of pyridine rings is 1. The van der Waals surface area contributed by atoms with Crippen LogP contribution in [-0.2, 0) is 11.2 Å². The van der Waals surface area contributed by atoms with Crippen LogP contribution in [0.1, 0.15) is 23.5 Å². The van der Waals surface area contributed by atoms with E-state index in [-0.39, 0.29) is 0 Å². The van der Waals surface area contributed by atoms with Crippen molar-refractivity contribution in [1.82, 2.24) is 4.98 Å². The lowest BCUT2D eigenvalue weighted by Gasteiger charge is -2.12. The van der Waals surface area contributed by atoms with Crippen molar-refractivity contribution in [2.24, 2.45) is 0 Å². The SMILES string of the molecule is O=C(O)[C@@H](CCc1ccccc1)c1ccncc1. The molecule has 18 heavy (non-hydrogen) atoms. The Bertz CT molecular complexity index is 496. The molecule has 0 saturated carbocycles. The molecule has 1 aromatic heterocycles. The molecule has 3 heteroatoms. The molecule has 0 fully saturated rings.